The molecule has 6 nitrogen and oxygen atoms in total. The van der Waals surface area contributed by atoms with Crippen molar-refractivity contribution in [3.63, 3.8) is 0 Å². The van der Waals surface area contributed by atoms with Crippen LogP contribution in [0.25, 0.3) is 6.08 Å². The van der Waals surface area contributed by atoms with E-state index in [9.17, 15) is 9.59 Å². The second-order valence-corrected chi connectivity index (χ2v) is 8.32. The molecule has 2 aliphatic rings. The lowest BCUT2D eigenvalue weighted by Gasteiger charge is -2.30. The summed E-state index contributed by atoms with van der Waals surface area (Å²) >= 11 is 0. The van der Waals surface area contributed by atoms with Crippen LogP contribution in [0.15, 0.2) is 18.3 Å². The first-order chi connectivity index (χ1) is 12.8. The van der Waals surface area contributed by atoms with Crippen molar-refractivity contribution in [1.29, 1.82) is 0 Å². The number of anilines is 1. The summed E-state index contributed by atoms with van der Waals surface area (Å²) in [4.78, 5) is 31.2. The molecule has 1 saturated heterocycles. The number of pyridine rings is 1. The Bertz CT molecular complexity index is 737. The maximum Gasteiger partial charge on any atom is 0.331 e. The van der Waals surface area contributed by atoms with Crippen LogP contribution in [0.3, 0.4) is 0 Å². The first-order valence-electron chi connectivity index (χ1n) is 9.77. The van der Waals surface area contributed by atoms with E-state index in [0.29, 0.717) is 12.4 Å². The van der Waals surface area contributed by atoms with E-state index in [1.807, 2.05) is 26.8 Å². The van der Waals surface area contributed by atoms with Crippen LogP contribution >= 0.6 is 0 Å². The molecule has 1 amide bonds. The Kier molecular flexibility index (Phi) is 5.95. The highest BCUT2D eigenvalue weighted by molar-refractivity contribution is 5.95. The van der Waals surface area contributed by atoms with Gasteiger partial charge in [0.05, 0.1) is 6.04 Å². The van der Waals surface area contributed by atoms with Gasteiger partial charge < -0.3 is 10.1 Å². The molecule has 3 rings (SSSR count). The fourth-order valence-corrected chi connectivity index (χ4v) is 3.60. The molecule has 0 radical (unpaired) electrons. The van der Waals surface area contributed by atoms with Crippen LogP contribution in [0.4, 0.5) is 5.82 Å². The second kappa shape index (κ2) is 8.21. The van der Waals surface area contributed by atoms with Crippen LogP contribution in [0.2, 0.25) is 0 Å². The van der Waals surface area contributed by atoms with Gasteiger partial charge in [-0.25, -0.2) is 9.78 Å². The van der Waals surface area contributed by atoms with Crippen molar-refractivity contribution in [2.75, 3.05) is 11.9 Å². The van der Waals surface area contributed by atoms with Gasteiger partial charge in [0, 0.05) is 24.4 Å². The molecule has 1 atom stereocenters. The number of carbonyl (C=O) groups is 2. The van der Waals surface area contributed by atoms with Crippen LogP contribution in [-0.2, 0) is 20.9 Å². The van der Waals surface area contributed by atoms with Crippen molar-refractivity contribution >= 4 is 23.8 Å². The number of hydrogen-bond donors (Lipinski definition) is 1. The summed E-state index contributed by atoms with van der Waals surface area (Å²) in [7, 11) is 0. The van der Waals surface area contributed by atoms with Gasteiger partial charge in [-0.15, -0.1) is 0 Å². The van der Waals surface area contributed by atoms with Gasteiger partial charge in [-0.1, -0.05) is 19.3 Å². The van der Waals surface area contributed by atoms with Gasteiger partial charge in [0.1, 0.15) is 11.4 Å². The normalized spacial score (nSPS) is 21.4. The number of rotatable bonds is 2. The Morgan fingerprint density at radius 1 is 1.30 bits per heavy atom. The number of carbonyl (C=O) groups excluding carboxylic acids is 2. The molecular weight excluding hydrogens is 342 g/mol. The largest absolute Gasteiger partial charge is 0.457 e. The fourth-order valence-electron chi connectivity index (χ4n) is 3.60. The summed E-state index contributed by atoms with van der Waals surface area (Å²) in [6, 6.07) is 1.91. The summed E-state index contributed by atoms with van der Waals surface area (Å²) < 4.78 is 5.29. The zero-order valence-electron chi connectivity index (χ0n) is 16.5. The topological polar surface area (TPSA) is 71.5 Å². The average molecular weight is 371 g/mol. The van der Waals surface area contributed by atoms with Gasteiger partial charge in [0.25, 0.3) is 0 Å². The Morgan fingerprint density at radius 2 is 2.07 bits per heavy atom. The molecule has 146 valence electrons. The standard InChI is InChI=1S/C21H29N3O3/c1-21(2,3)27-18(25)10-9-15-12-16-14-24-11-7-5-4-6-8-17(24)20(26)23-19(16)22-13-15/h9-10,12-13,17H,4-8,11,14H2,1-3H3,(H,22,23,26)/b10-9+. The second-order valence-electron chi connectivity index (χ2n) is 8.32. The quantitative estimate of drug-likeness (QED) is 0.636. The summed E-state index contributed by atoms with van der Waals surface area (Å²) in [6.07, 6.45) is 10.3. The summed E-state index contributed by atoms with van der Waals surface area (Å²) in [6.45, 7) is 7.14. The van der Waals surface area contributed by atoms with Gasteiger partial charge in [-0.2, -0.15) is 0 Å². The number of hydrogen-bond acceptors (Lipinski definition) is 5. The van der Waals surface area contributed by atoms with Crippen LogP contribution < -0.4 is 5.32 Å². The highest BCUT2D eigenvalue weighted by Crippen LogP contribution is 2.27. The predicted octanol–water partition coefficient (Wildman–Crippen LogP) is 3.52. The maximum atomic E-state index is 12.6. The van der Waals surface area contributed by atoms with E-state index in [1.54, 1.807) is 12.3 Å². The van der Waals surface area contributed by atoms with Crippen molar-refractivity contribution in [3.05, 3.63) is 29.5 Å². The zero-order valence-corrected chi connectivity index (χ0v) is 16.5. The van der Waals surface area contributed by atoms with E-state index in [2.05, 4.69) is 15.2 Å². The third kappa shape index (κ3) is 5.39. The van der Waals surface area contributed by atoms with Gasteiger partial charge >= 0.3 is 5.97 Å². The van der Waals surface area contributed by atoms with Gasteiger partial charge in [-0.3, -0.25) is 9.69 Å². The van der Waals surface area contributed by atoms with Crippen LogP contribution in [0.1, 0.15) is 64.0 Å². The predicted molar refractivity (Wildman–Crippen MR) is 105 cm³/mol. The van der Waals surface area contributed by atoms with Crippen molar-refractivity contribution < 1.29 is 14.3 Å². The minimum absolute atomic E-state index is 0.0418. The van der Waals surface area contributed by atoms with Crippen LogP contribution in [-0.4, -0.2) is 39.9 Å². The van der Waals surface area contributed by atoms with E-state index in [4.69, 9.17) is 4.74 Å². The Hall–Kier alpha value is -2.21. The Morgan fingerprint density at radius 3 is 2.85 bits per heavy atom. The number of ether oxygens (including phenoxy) is 1. The average Bonchev–Trinajstić information content (AvgIpc) is 2.67. The molecule has 1 N–H and O–H groups in total. The van der Waals surface area contributed by atoms with Crippen molar-refractivity contribution in [2.45, 2.75) is 71.1 Å². The molecule has 3 heterocycles. The molecule has 0 aliphatic carbocycles. The first-order valence-corrected chi connectivity index (χ1v) is 9.77. The van der Waals surface area contributed by atoms with E-state index >= 15 is 0 Å². The molecule has 0 bridgehead atoms. The molecule has 0 spiro atoms. The molecule has 2 aliphatic heterocycles. The minimum Gasteiger partial charge on any atom is -0.457 e. The molecule has 0 saturated carbocycles. The number of amides is 1. The third-order valence-corrected chi connectivity index (χ3v) is 4.84. The summed E-state index contributed by atoms with van der Waals surface area (Å²) in [5, 5.41) is 2.99. The molecule has 6 heteroatoms. The van der Waals surface area contributed by atoms with Gasteiger partial charge in [-0.05, 0) is 57.9 Å². The Labute approximate surface area is 161 Å². The fraction of sp³-hybridized carbons (Fsp3) is 0.571. The van der Waals surface area contributed by atoms with Crippen molar-refractivity contribution in [1.82, 2.24) is 9.88 Å². The zero-order chi connectivity index (χ0) is 19.4. The van der Waals surface area contributed by atoms with Gasteiger partial charge in [0.15, 0.2) is 0 Å². The lowest BCUT2D eigenvalue weighted by Crippen LogP contribution is -2.42. The van der Waals surface area contributed by atoms with E-state index < -0.39 is 5.60 Å². The van der Waals surface area contributed by atoms with Crippen molar-refractivity contribution in [3.8, 4) is 0 Å². The SMILES string of the molecule is CC(C)(C)OC(=O)/C=C/c1cnc2c(c1)CN1CCCCCCC1C(=O)N2. The number of fused-ring (bicyclic) bond motifs is 2. The Balaban J connectivity index is 1.77. The third-order valence-electron chi connectivity index (χ3n) is 4.84. The van der Waals surface area contributed by atoms with E-state index in [-0.39, 0.29) is 17.9 Å². The lowest BCUT2D eigenvalue weighted by molar-refractivity contribution is -0.148. The monoisotopic (exact) mass is 371 g/mol. The van der Waals surface area contributed by atoms with Crippen LogP contribution in [0.5, 0.6) is 0 Å². The number of esters is 1. The maximum absolute atomic E-state index is 12.6. The smallest absolute Gasteiger partial charge is 0.331 e. The first kappa shape index (κ1) is 19.5. The summed E-state index contributed by atoms with van der Waals surface area (Å²) in [5.74, 6) is 0.288. The van der Waals surface area contributed by atoms with Crippen LogP contribution in [0, 0.1) is 0 Å². The molecular formula is C21H29N3O3. The van der Waals surface area contributed by atoms with Gasteiger partial charge in [0.2, 0.25) is 5.91 Å². The minimum atomic E-state index is -0.516. The molecule has 27 heavy (non-hydrogen) atoms. The summed E-state index contributed by atoms with van der Waals surface area (Å²) in [5.41, 5.74) is 1.29. The molecule has 0 aromatic carbocycles. The van der Waals surface area contributed by atoms with E-state index in [1.165, 1.54) is 18.9 Å². The highest BCUT2D eigenvalue weighted by Gasteiger charge is 2.31. The molecule has 1 aromatic heterocycles. The highest BCUT2D eigenvalue weighted by atomic mass is 16.6. The van der Waals surface area contributed by atoms with E-state index in [0.717, 1.165) is 36.9 Å². The number of nitrogens with one attached hydrogen (secondary N) is 1. The lowest BCUT2D eigenvalue weighted by atomic mass is 10.0. The molecule has 1 aromatic rings. The van der Waals surface area contributed by atoms with Crippen molar-refractivity contribution in [2.24, 2.45) is 0 Å². The molecule has 1 unspecified atom stereocenters. The molecule has 1 fully saturated rings. The number of aromatic nitrogens is 1. The number of nitrogens with zero attached hydrogens (tertiary/aromatic N) is 2.